The van der Waals surface area contributed by atoms with E-state index < -0.39 is 6.04 Å². The first kappa shape index (κ1) is 13.5. The lowest BCUT2D eigenvalue weighted by Gasteiger charge is -2.32. The lowest BCUT2D eigenvalue weighted by atomic mass is 10.2. The summed E-state index contributed by atoms with van der Waals surface area (Å²) in [6, 6.07) is -0.467. The average Bonchev–Trinajstić information content (AvgIpc) is 2.76. The highest BCUT2D eigenvalue weighted by atomic mass is 16.2. The quantitative estimate of drug-likeness (QED) is 0.816. The predicted molar refractivity (Wildman–Crippen MR) is 67.9 cm³/mol. The van der Waals surface area contributed by atoms with Crippen LogP contribution in [0, 0.1) is 5.92 Å². The Morgan fingerprint density at radius 2 is 2.21 bits per heavy atom. The van der Waals surface area contributed by atoms with E-state index in [1.807, 2.05) is 0 Å². The monoisotopic (exact) mass is 265 g/mol. The molecule has 19 heavy (non-hydrogen) atoms. The Morgan fingerprint density at radius 1 is 1.47 bits per heavy atom. The van der Waals surface area contributed by atoms with Crippen LogP contribution >= 0.6 is 0 Å². The Hall–Kier alpha value is -1.92. The van der Waals surface area contributed by atoms with Gasteiger partial charge in [0.1, 0.15) is 18.2 Å². The number of carbonyl (C=O) groups excluding carboxylic acids is 2. The van der Waals surface area contributed by atoms with Gasteiger partial charge >= 0.3 is 0 Å². The van der Waals surface area contributed by atoms with Crippen molar-refractivity contribution in [3.8, 4) is 0 Å². The van der Waals surface area contributed by atoms with Crippen molar-refractivity contribution in [3.05, 3.63) is 12.2 Å². The van der Waals surface area contributed by atoms with Crippen molar-refractivity contribution in [3.63, 3.8) is 0 Å². The van der Waals surface area contributed by atoms with Crippen molar-refractivity contribution < 1.29 is 9.59 Å². The second-order valence-electron chi connectivity index (χ2n) is 5.17. The number of hydrogen-bond donors (Lipinski definition) is 1. The van der Waals surface area contributed by atoms with Crippen LogP contribution in [0.1, 0.15) is 26.6 Å². The standard InChI is InChI=1S/C12H19N5O2/c1-8(2)5-17-10(14-7-15-17)6-16-9(3)12(19)13-4-11(16)18/h7-9H,4-6H2,1-3H3,(H,13,19). The molecule has 0 bridgehead atoms. The molecule has 2 heterocycles. The molecule has 0 radical (unpaired) electrons. The SMILES string of the molecule is CC(C)Cn1ncnc1CN1C(=O)CNC(=O)C1C. The zero-order valence-corrected chi connectivity index (χ0v) is 11.5. The van der Waals surface area contributed by atoms with Gasteiger partial charge in [-0.15, -0.1) is 0 Å². The highest BCUT2D eigenvalue weighted by Gasteiger charge is 2.31. The number of hydrogen-bond acceptors (Lipinski definition) is 4. The summed E-state index contributed by atoms with van der Waals surface area (Å²) < 4.78 is 1.79. The molecule has 1 unspecified atom stereocenters. The van der Waals surface area contributed by atoms with Gasteiger partial charge in [-0.1, -0.05) is 13.8 Å². The minimum atomic E-state index is -0.467. The number of amides is 2. The summed E-state index contributed by atoms with van der Waals surface area (Å²) in [7, 11) is 0. The van der Waals surface area contributed by atoms with Crippen LogP contribution in [-0.2, 0) is 22.7 Å². The molecule has 1 aliphatic rings. The second kappa shape index (κ2) is 5.38. The summed E-state index contributed by atoms with van der Waals surface area (Å²) in [5, 5.41) is 6.72. The molecule has 7 heteroatoms. The molecule has 0 spiro atoms. The molecule has 0 saturated carbocycles. The van der Waals surface area contributed by atoms with Crippen LogP contribution in [0.5, 0.6) is 0 Å². The summed E-state index contributed by atoms with van der Waals surface area (Å²) in [4.78, 5) is 29.2. The topological polar surface area (TPSA) is 80.1 Å². The van der Waals surface area contributed by atoms with E-state index in [4.69, 9.17) is 0 Å². The number of nitrogens with zero attached hydrogens (tertiary/aromatic N) is 4. The zero-order valence-electron chi connectivity index (χ0n) is 11.5. The largest absolute Gasteiger partial charge is 0.345 e. The fourth-order valence-corrected chi connectivity index (χ4v) is 2.06. The molecule has 2 rings (SSSR count). The van der Waals surface area contributed by atoms with Crippen LogP contribution in [0.25, 0.3) is 0 Å². The van der Waals surface area contributed by atoms with E-state index in [0.717, 1.165) is 6.54 Å². The van der Waals surface area contributed by atoms with Crippen LogP contribution in [0.2, 0.25) is 0 Å². The minimum Gasteiger partial charge on any atom is -0.345 e. The summed E-state index contributed by atoms with van der Waals surface area (Å²) in [5.74, 6) is 0.933. The van der Waals surface area contributed by atoms with Crippen molar-refractivity contribution in [1.82, 2.24) is 25.0 Å². The maximum Gasteiger partial charge on any atom is 0.243 e. The molecule has 1 N–H and O–H groups in total. The lowest BCUT2D eigenvalue weighted by molar-refractivity contribution is -0.145. The third-order valence-corrected chi connectivity index (χ3v) is 3.13. The molecule has 2 amide bonds. The average molecular weight is 265 g/mol. The lowest BCUT2D eigenvalue weighted by Crippen LogP contribution is -2.56. The number of rotatable bonds is 4. The van der Waals surface area contributed by atoms with Gasteiger partial charge in [-0.25, -0.2) is 9.67 Å². The molecule has 1 atom stereocenters. The van der Waals surface area contributed by atoms with Crippen LogP contribution in [-0.4, -0.2) is 44.1 Å². The molecule has 1 fully saturated rings. The van der Waals surface area contributed by atoms with Gasteiger partial charge < -0.3 is 10.2 Å². The Kier molecular flexibility index (Phi) is 3.82. The van der Waals surface area contributed by atoms with Crippen molar-refractivity contribution >= 4 is 11.8 Å². The molecule has 1 aromatic rings. The van der Waals surface area contributed by atoms with Gasteiger partial charge in [0, 0.05) is 6.54 Å². The number of piperazine rings is 1. The summed E-state index contributed by atoms with van der Waals surface area (Å²) in [6.07, 6.45) is 1.48. The van der Waals surface area contributed by atoms with Gasteiger partial charge in [0.25, 0.3) is 0 Å². The minimum absolute atomic E-state index is 0.0570. The molecule has 1 saturated heterocycles. The van der Waals surface area contributed by atoms with E-state index in [0.29, 0.717) is 18.3 Å². The Balaban J connectivity index is 2.13. The van der Waals surface area contributed by atoms with Crippen LogP contribution < -0.4 is 5.32 Å². The van der Waals surface area contributed by atoms with Crippen molar-refractivity contribution in [2.45, 2.75) is 39.9 Å². The number of carbonyl (C=O) groups is 2. The second-order valence-corrected chi connectivity index (χ2v) is 5.17. The molecule has 0 aliphatic carbocycles. The van der Waals surface area contributed by atoms with Gasteiger partial charge in [0.2, 0.25) is 11.8 Å². The summed E-state index contributed by atoms with van der Waals surface area (Å²) >= 11 is 0. The first-order valence-corrected chi connectivity index (χ1v) is 6.43. The Morgan fingerprint density at radius 3 is 2.89 bits per heavy atom. The van der Waals surface area contributed by atoms with E-state index >= 15 is 0 Å². The van der Waals surface area contributed by atoms with E-state index in [9.17, 15) is 9.59 Å². The van der Waals surface area contributed by atoms with Gasteiger partial charge in [-0.05, 0) is 12.8 Å². The van der Waals surface area contributed by atoms with Gasteiger partial charge in [0.15, 0.2) is 0 Å². The summed E-state index contributed by atoms with van der Waals surface area (Å²) in [5.41, 5.74) is 0. The molecular weight excluding hydrogens is 246 g/mol. The van der Waals surface area contributed by atoms with Gasteiger partial charge in [0.05, 0.1) is 13.1 Å². The molecule has 7 nitrogen and oxygen atoms in total. The maximum absolute atomic E-state index is 11.9. The smallest absolute Gasteiger partial charge is 0.243 e. The number of aromatic nitrogens is 3. The molecule has 0 aromatic carbocycles. The van der Waals surface area contributed by atoms with Crippen LogP contribution in [0.3, 0.4) is 0 Å². The maximum atomic E-state index is 11.9. The van der Waals surface area contributed by atoms with E-state index in [1.54, 1.807) is 16.5 Å². The van der Waals surface area contributed by atoms with Crippen molar-refractivity contribution in [2.75, 3.05) is 6.54 Å². The third-order valence-electron chi connectivity index (χ3n) is 3.13. The highest BCUT2D eigenvalue weighted by molar-refractivity contribution is 5.94. The highest BCUT2D eigenvalue weighted by Crippen LogP contribution is 2.11. The molecule has 1 aliphatic heterocycles. The van der Waals surface area contributed by atoms with E-state index in [1.165, 1.54) is 6.33 Å². The predicted octanol–water partition coefficient (Wildman–Crippen LogP) is -0.219. The Bertz CT molecular complexity index is 482. The van der Waals surface area contributed by atoms with E-state index in [-0.39, 0.29) is 18.4 Å². The fourth-order valence-electron chi connectivity index (χ4n) is 2.06. The molecule has 104 valence electrons. The van der Waals surface area contributed by atoms with Crippen LogP contribution in [0.15, 0.2) is 6.33 Å². The van der Waals surface area contributed by atoms with Crippen molar-refractivity contribution in [1.29, 1.82) is 0 Å². The van der Waals surface area contributed by atoms with Crippen LogP contribution in [0.4, 0.5) is 0 Å². The van der Waals surface area contributed by atoms with Crippen molar-refractivity contribution in [2.24, 2.45) is 5.92 Å². The number of nitrogens with one attached hydrogen (secondary N) is 1. The zero-order chi connectivity index (χ0) is 14.0. The fraction of sp³-hybridized carbons (Fsp3) is 0.667. The van der Waals surface area contributed by atoms with E-state index in [2.05, 4.69) is 29.2 Å². The molecular formula is C12H19N5O2. The normalized spacial score (nSPS) is 20.0. The molecule has 1 aromatic heterocycles. The summed E-state index contributed by atoms with van der Waals surface area (Å²) in [6.45, 7) is 7.02. The Labute approximate surface area is 112 Å². The third kappa shape index (κ3) is 2.91. The first-order chi connectivity index (χ1) is 8.99. The van der Waals surface area contributed by atoms with Gasteiger partial charge in [-0.3, -0.25) is 9.59 Å². The van der Waals surface area contributed by atoms with Gasteiger partial charge in [-0.2, -0.15) is 5.10 Å². The first-order valence-electron chi connectivity index (χ1n) is 6.43.